The van der Waals surface area contributed by atoms with Crippen molar-refractivity contribution in [1.82, 2.24) is 9.90 Å². The van der Waals surface area contributed by atoms with Crippen LogP contribution in [0.15, 0.2) is 42.5 Å². The van der Waals surface area contributed by atoms with Crippen LogP contribution in [-0.4, -0.2) is 54.2 Å². The second-order valence-corrected chi connectivity index (χ2v) is 8.14. The fourth-order valence-corrected chi connectivity index (χ4v) is 3.21. The lowest BCUT2D eigenvalue weighted by molar-refractivity contribution is -0.733. The Hall–Kier alpha value is -3.78. The van der Waals surface area contributed by atoms with Gasteiger partial charge in [0.25, 0.3) is 5.69 Å². The molecule has 0 saturated carbocycles. The first-order valence-corrected chi connectivity index (χ1v) is 10.6. The summed E-state index contributed by atoms with van der Waals surface area (Å²) in [4.78, 5) is 25.9. The van der Waals surface area contributed by atoms with Gasteiger partial charge in [0.15, 0.2) is 27.3 Å². The maximum atomic E-state index is 13.1. The van der Waals surface area contributed by atoms with Gasteiger partial charge in [0.2, 0.25) is 17.3 Å². The predicted octanol–water partition coefficient (Wildman–Crippen LogP) is 1.54. The summed E-state index contributed by atoms with van der Waals surface area (Å²) in [6.45, 7) is 0. The number of hydrogen-bond acceptors (Lipinski definition) is 8. The first-order chi connectivity index (χ1) is 15.8. The smallest absolute Gasteiger partial charge is 0.485 e. The molecule has 1 aromatic heterocycles. The molecule has 0 bridgehead atoms. The molecule has 0 spiro atoms. The van der Waals surface area contributed by atoms with Crippen LogP contribution >= 0.6 is 0 Å². The molecule has 0 fully saturated rings. The van der Waals surface area contributed by atoms with E-state index in [1.54, 1.807) is 56.6 Å². The minimum absolute atomic E-state index is 0.218. The number of aromatic nitrogens is 3. The normalized spacial score (nSPS) is 12.9. The highest BCUT2D eigenvalue weighted by Gasteiger charge is 2.42. The number of nitrogens with zero attached hydrogens (tertiary/aromatic N) is 3. The van der Waals surface area contributed by atoms with Crippen molar-refractivity contribution in [3.63, 3.8) is 0 Å². The van der Waals surface area contributed by atoms with Gasteiger partial charge in [0.05, 0.1) is 19.4 Å². The molecule has 14 heteroatoms. The summed E-state index contributed by atoms with van der Waals surface area (Å²) in [7, 11) is -1.36. The molecular formula is C20H16F3N3O7S. The molecular weight excluding hydrogens is 483 g/mol. The Labute approximate surface area is 190 Å². The Kier molecular flexibility index (Phi) is 6.48. The van der Waals surface area contributed by atoms with Gasteiger partial charge in [-0.05, 0) is 12.1 Å². The van der Waals surface area contributed by atoms with E-state index in [0.717, 1.165) is 0 Å². The first-order valence-electron chi connectivity index (χ1n) is 9.24. The van der Waals surface area contributed by atoms with Gasteiger partial charge in [-0.1, -0.05) is 28.9 Å². The van der Waals surface area contributed by atoms with Gasteiger partial charge in [-0.2, -0.15) is 13.2 Å². The molecule has 0 unspecified atom stereocenters. The monoisotopic (exact) mass is 499 g/mol. The molecule has 0 atom stereocenters. The molecule has 1 aliphatic carbocycles. The molecule has 2 aromatic carbocycles. The Balaban J connectivity index is 0.000000350. The summed E-state index contributed by atoms with van der Waals surface area (Å²) in [6.07, 6.45) is 0. The number of methoxy groups -OCH3 is 2. The second-order valence-electron chi connectivity index (χ2n) is 6.77. The van der Waals surface area contributed by atoms with Crippen molar-refractivity contribution in [3.8, 4) is 17.2 Å². The van der Waals surface area contributed by atoms with E-state index in [1.165, 1.54) is 16.5 Å². The second kappa shape index (κ2) is 8.87. The van der Waals surface area contributed by atoms with Crippen LogP contribution in [0.4, 0.5) is 13.2 Å². The number of rotatable bonds is 3. The van der Waals surface area contributed by atoms with Gasteiger partial charge >= 0.3 is 5.51 Å². The van der Waals surface area contributed by atoms with E-state index in [1.807, 2.05) is 0 Å². The van der Waals surface area contributed by atoms with E-state index in [4.69, 9.17) is 22.4 Å². The van der Waals surface area contributed by atoms with Crippen molar-refractivity contribution in [3.05, 3.63) is 65.0 Å². The number of carbonyl (C=O) groups is 2. The summed E-state index contributed by atoms with van der Waals surface area (Å²) in [5, 5.41) is 4.37. The van der Waals surface area contributed by atoms with Crippen molar-refractivity contribution in [2.75, 3.05) is 14.2 Å². The molecule has 3 aromatic rings. The van der Waals surface area contributed by atoms with Gasteiger partial charge in [-0.25, -0.2) is 8.42 Å². The summed E-state index contributed by atoms with van der Waals surface area (Å²) < 4.78 is 72.4. The Morgan fingerprint density at radius 1 is 0.971 bits per heavy atom. The molecule has 0 amide bonds. The summed E-state index contributed by atoms with van der Waals surface area (Å²) in [5.41, 5.74) is -3.76. The van der Waals surface area contributed by atoms with Gasteiger partial charge in [-0.15, -0.1) is 4.68 Å². The van der Waals surface area contributed by atoms with Gasteiger partial charge in [-0.3, -0.25) is 9.59 Å². The van der Waals surface area contributed by atoms with Crippen LogP contribution in [-0.2, 0) is 17.2 Å². The number of carbonyl (C=O) groups excluding carboxylic acids is 2. The topological polar surface area (TPSA) is 132 Å². The fraction of sp³-hybridized carbons (Fsp3) is 0.200. The molecule has 1 heterocycles. The largest absolute Gasteiger partial charge is 0.741 e. The van der Waals surface area contributed by atoms with E-state index in [2.05, 4.69) is 5.21 Å². The van der Waals surface area contributed by atoms with Crippen LogP contribution in [0.1, 0.15) is 32.1 Å². The number of ether oxygens (including phenoxy) is 2. The minimum atomic E-state index is -6.09. The number of alkyl halides is 3. The summed E-state index contributed by atoms with van der Waals surface area (Å²) in [6, 6.07) is 12.0. The highest BCUT2D eigenvalue weighted by Crippen LogP contribution is 2.31. The quantitative estimate of drug-likeness (QED) is 0.236. The van der Waals surface area contributed by atoms with E-state index in [9.17, 15) is 22.8 Å². The van der Waals surface area contributed by atoms with Crippen molar-refractivity contribution in [1.29, 1.82) is 0 Å². The highest BCUT2D eigenvalue weighted by atomic mass is 32.2. The number of halogens is 3. The average Bonchev–Trinajstić information content (AvgIpc) is 3.13. The van der Waals surface area contributed by atoms with Crippen LogP contribution < -0.4 is 14.2 Å². The lowest BCUT2D eigenvalue weighted by Gasteiger charge is -2.11. The minimum Gasteiger partial charge on any atom is -0.741 e. The standard InChI is InChI=1S/C19H16N3O4.CHF3O3S/c1-21-16-17(19(24)13-7-5-4-6-12(13)18(16)23)22(20-21)11-8-9-14(25-2)15(10-11)26-3;2-1(3,4)8(5,6)7/h4-10H,1-3H3;(H,5,6,7)/q+1;/p-1. The van der Waals surface area contributed by atoms with Crippen molar-refractivity contribution in [2.45, 2.75) is 5.51 Å². The Morgan fingerprint density at radius 2 is 1.50 bits per heavy atom. The molecule has 0 aliphatic heterocycles. The van der Waals surface area contributed by atoms with Crippen LogP contribution in [0, 0.1) is 0 Å². The zero-order valence-corrected chi connectivity index (χ0v) is 18.6. The van der Waals surface area contributed by atoms with Crippen molar-refractivity contribution < 1.29 is 49.9 Å². The molecule has 10 nitrogen and oxygen atoms in total. The van der Waals surface area contributed by atoms with Crippen LogP contribution in [0.3, 0.4) is 0 Å². The molecule has 180 valence electrons. The lowest BCUT2D eigenvalue weighted by atomic mass is 9.90. The third-order valence-electron chi connectivity index (χ3n) is 4.72. The molecule has 0 radical (unpaired) electrons. The number of benzene rings is 2. The van der Waals surface area contributed by atoms with Crippen LogP contribution in [0.25, 0.3) is 5.69 Å². The number of ketones is 2. The van der Waals surface area contributed by atoms with Crippen LogP contribution in [0.2, 0.25) is 0 Å². The Bertz CT molecular complexity index is 1400. The highest BCUT2D eigenvalue weighted by molar-refractivity contribution is 7.86. The molecule has 0 N–H and O–H groups in total. The van der Waals surface area contributed by atoms with Crippen molar-refractivity contribution >= 4 is 21.7 Å². The SMILES string of the molecule is COc1ccc(-n2n[n+](C)c3c2C(=O)c2ccccc2C3=O)cc1OC.O=S(=O)([O-])C(F)(F)F. The van der Waals surface area contributed by atoms with Gasteiger partial charge in [0, 0.05) is 17.2 Å². The molecule has 1 aliphatic rings. The zero-order chi connectivity index (χ0) is 25.4. The maximum absolute atomic E-state index is 13.1. The molecule has 4 rings (SSSR count). The maximum Gasteiger partial charge on any atom is 0.485 e. The van der Waals surface area contributed by atoms with E-state index >= 15 is 0 Å². The number of aryl methyl sites for hydroxylation is 1. The van der Waals surface area contributed by atoms with Crippen molar-refractivity contribution in [2.24, 2.45) is 7.05 Å². The van der Waals surface area contributed by atoms with Gasteiger partial charge in [0.1, 0.15) is 7.05 Å². The third kappa shape index (κ3) is 4.36. The van der Waals surface area contributed by atoms with E-state index in [-0.39, 0.29) is 23.0 Å². The average molecular weight is 499 g/mol. The van der Waals surface area contributed by atoms with E-state index in [0.29, 0.717) is 28.3 Å². The number of hydrogen-bond donors (Lipinski definition) is 0. The summed E-state index contributed by atoms with van der Waals surface area (Å²) in [5.74, 6) is 0.615. The van der Waals surface area contributed by atoms with Crippen LogP contribution in [0.5, 0.6) is 11.5 Å². The lowest BCUT2D eigenvalue weighted by Crippen LogP contribution is -2.39. The van der Waals surface area contributed by atoms with E-state index < -0.39 is 15.6 Å². The fourth-order valence-electron chi connectivity index (χ4n) is 3.21. The summed E-state index contributed by atoms with van der Waals surface area (Å²) >= 11 is 0. The zero-order valence-electron chi connectivity index (χ0n) is 17.8. The Morgan fingerprint density at radius 3 is 2.00 bits per heavy atom. The number of fused-ring (bicyclic) bond motifs is 2. The third-order valence-corrected chi connectivity index (χ3v) is 5.29. The van der Waals surface area contributed by atoms with Gasteiger partial charge < -0.3 is 14.0 Å². The molecule has 0 saturated heterocycles. The molecule has 34 heavy (non-hydrogen) atoms. The first kappa shape index (κ1) is 24.9. The predicted molar refractivity (Wildman–Crippen MR) is 107 cm³/mol.